The molecular weight excluding hydrogens is 312 g/mol. The first-order valence-electron chi connectivity index (χ1n) is 7.31. The van der Waals surface area contributed by atoms with E-state index in [0.717, 1.165) is 11.1 Å². The zero-order valence-corrected chi connectivity index (χ0v) is 14.3. The van der Waals surface area contributed by atoms with Crippen LogP contribution in [0.5, 0.6) is 0 Å². The molecule has 0 bridgehead atoms. The average Bonchev–Trinajstić information content (AvgIpc) is 3.13. The van der Waals surface area contributed by atoms with E-state index in [1.807, 2.05) is 20.8 Å². The van der Waals surface area contributed by atoms with Crippen LogP contribution in [-0.4, -0.2) is 29.8 Å². The highest BCUT2D eigenvalue weighted by Gasteiger charge is 2.20. The molecule has 2 aromatic heterocycles. The molecule has 0 aromatic carbocycles. The summed E-state index contributed by atoms with van der Waals surface area (Å²) in [5.41, 5.74) is 1.77. The molecule has 0 aliphatic heterocycles. The first kappa shape index (κ1) is 17.0. The van der Waals surface area contributed by atoms with E-state index in [1.165, 1.54) is 17.6 Å². The molecule has 2 heterocycles. The van der Waals surface area contributed by atoms with Crippen molar-refractivity contribution in [3.63, 3.8) is 0 Å². The van der Waals surface area contributed by atoms with Crippen LogP contribution in [0, 0.1) is 6.92 Å². The Hall–Kier alpha value is -2.34. The molecule has 23 heavy (non-hydrogen) atoms. The second kappa shape index (κ2) is 7.28. The van der Waals surface area contributed by atoms with Crippen molar-refractivity contribution in [2.75, 3.05) is 18.4 Å². The van der Waals surface area contributed by atoms with Crippen LogP contribution in [0.4, 0.5) is 5.00 Å². The van der Waals surface area contributed by atoms with Gasteiger partial charge in [-0.2, -0.15) is 0 Å². The van der Waals surface area contributed by atoms with Gasteiger partial charge in [-0.25, -0.2) is 0 Å². The Bertz CT molecular complexity index is 716. The molecule has 2 rings (SSSR count). The summed E-state index contributed by atoms with van der Waals surface area (Å²) in [6.45, 7) is 10.7. The number of anilines is 1. The zero-order chi connectivity index (χ0) is 17.0. The van der Waals surface area contributed by atoms with Gasteiger partial charge in [0.05, 0.1) is 16.1 Å². The molecule has 2 aromatic rings. The van der Waals surface area contributed by atoms with Crippen molar-refractivity contribution < 1.29 is 14.0 Å². The van der Waals surface area contributed by atoms with Crippen LogP contribution < -0.4 is 5.32 Å². The van der Waals surface area contributed by atoms with E-state index < -0.39 is 0 Å². The summed E-state index contributed by atoms with van der Waals surface area (Å²) in [5.74, 6) is -0.137. The van der Waals surface area contributed by atoms with E-state index in [2.05, 4.69) is 11.9 Å². The third-order valence-corrected chi connectivity index (χ3v) is 4.36. The molecule has 0 unspecified atom stereocenters. The fourth-order valence-corrected chi connectivity index (χ4v) is 3.17. The van der Waals surface area contributed by atoms with Crippen LogP contribution in [0.25, 0.3) is 0 Å². The van der Waals surface area contributed by atoms with Crippen LogP contribution in [0.3, 0.4) is 0 Å². The monoisotopic (exact) mass is 332 g/mol. The van der Waals surface area contributed by atoms with E-state index in [4.69, 9.17) is 4.42 Å². The molecule has 0 spiro atoms. The minimum Gasteiger partial charge on any atom is -0.459 e. The molecule has 0 fully saturated rings. The topological polar surface area (TPSA) is 62.6 Å². The Morgan fingerprint density at radius 3 is 2.74 bits per heavy atom. The van der Waals surface area contributed by atoms with Gasteiger partial charge < -0.3 is 14.6 Å². The average molecular weight is 332 g/mol. The molecular formula is C17H20N2O3S. The first-order chi connectivity index (χ1) is 10.9. The summed E-state index contributed by atoms with van der Waals surface area (Å²) < 4.78 is 5.06. The van der Waals surface area contributed by atoms with Gasteiger partial charge in [0.15, 0.2) is 5.76 Å². The van der Waals surface area contributed by atoms with Gasteiger partial charge in [0.1, 0.15) is 0 Å². The van der Waals surface area contributed by atoms with Crippen LogP contribution in [-0.2, 0) is 0 Å². The van der Waals surface area contributed by atoms with Gasteiger partial charge in [0.25, 0.3) is 11.8 Å². The lowest BCUT2D eigenvalue weighted by Crippen LogP contribution is -2.31. The van der Waals surface area contributed by atoms with Crippen molar-refractivity contribution in [2.45, 2.75) is 20.8 Å². The minimum atomic E-state index is -0.329. The Balaban J connectivity index is 2.15. The zero-order valence-electron chi connectivity index (χ0n) is 13.5. The summed E-state index contributed by atoms with van der Waals surface area (Å²) >= 11 is 1.27. The number of hydrogen-bond acceptors (Lipinski definition) is 4. The third kappa shape index (κ3) is 4.10. The predicted octanol–water partition coefficient (Wildman–Crippen LogP) is 3.94. The lowest BCUT2D eigenvalue weighted by atomic mass is 10.2. The number of rotatable bonds is 6. The van der Waals surface area contributed by atoms with Gasteiger partial charge in [0, 0.05) is 13.1 Å². The number of carbonyl (C=O) groups is 2. The maximum absolute atomic E-state index is 12.6. The number of furan rings is 1. The smallest absolute Gasteiger partial charge is 0.291 e. The number of likely N-dealkylation sites (N-methyl/N-ethyl adjacent to an activating group) is 1. The second-order valence-corrected chi connectivity index (χ2v) is 6.38. The summed E-state index contributed by atoms with van der Waals surface area (Å²) in [4.78, 5) is 27.0. The SMILES string of the molecule is C=C(C)CN(CC)C(=O)c1sc(NC(=O)c2ccco2)cc1C. The number of nitrogens with one attached hydrogen (secondary N) is 1. The van der Waals surface area contributed by atoms with Crippen molar-refractivity contribution in [3.8, 4) is 0 Å². The molecule has 0 saturated carbocycles. The Morgan fingerprint density at radius 2 is 2.17 bits per heavy atom. The molecule has 2 amide bonds. The Labute approximate surface area is 139 Å². The number of thiophene rings is 1. The summed E-state index contributed by atoms with van der Waals surface area (Å²) in [6, 6.07) is 5.04. The van der Waals surface area contributed by atoms with Crippen molar-refractivity contribution in [2.24, 2.45) is 0 Å². The maximum atomic E-state index is 12.6. The highest BCUT2D eigenvalue weighted by Crippen LogP contribution is 2.28. The third-order valence-electron chi connectivity index (χ3n) is 3.22. The Morgan fingerprint density at radius 1 is 1.43 bits per heavy atom. The molecule has 0 saturated heterocycles. The number of carbonyl (C=O) groups excluding carboxylic acids is 2. The van der Waals surface area contributed by atoms with Crippen molar-refractivity contribution in [1.82, 2.24) is 4.90 Å². The number of amides is 2. The fraction of sp³-hybridized carbons (Fsp3) is 0.294. The highest BCUT2D eigenvalue weighted by atomic mass is 32.1. The quantitative estimate of drug-likeness (QED) is 0.815. The molecule has 6 heteroatoms. The van der Waals surface area contributed by atoms with E-state index in [0.29, 0.717) is 23.0 Å². The lowest BCUT2D eigenvalue weighted by Gasteiger charge is -2.20. The van der Waals surface area contributed by atoms with E-state index in [9.17, 15) is 9.59 Å². The molecule has 0 aliphatic rings. The molecule has 1 N–H and O–H groups in total. The van der Waals surface area contributed by atoms with Gasteiger partial charge >= 0.3 is 0 Å². The molecule has 0 atom stereocenters. The summed E-state index contributed by atoms with van der Waals surface area (Å²) in [5, 5.41) is 3.38. The van der Waals surface area contributed by atoms with E-state index in [1.54, 1.807) is 23.1 Å². The number of aryl methyl sites for hydroxylation is 1. The number of hydrogen-bond donors (Lipinski definition) is 1. The van der Waals surface area contributed by atoms with Crippen molar-refractivity contribution >= 4 is 28.2 Å². The molecule has 0 radical (unpaired) electrons. The lowest BCUT2D eigenvalue weighted by molar-refractivity contribution is 0.0782. The maximum Gasteiger partial charge on any atom is 0.291 e. The Kier molecular flexibility index (Phi) is 5.39. The molecule has 122 valence electrons. The molecule has 0 aliphatic carbocycles. The largest absolute Gasteiger partial charge is 0.459 e. The van der Waals surface area contributed by atoms with E-state index >= 15 is 0 Å². The summed E-state index contributed by atoms with van der Waals surface area (Å²) in [7, 11) is 0. The van der Waals surface area contributed by atoms with Crippen molar-refractivity contribution in [1.29, 1.82) is 0 Å². The van der Waals surface area contributed by atoms with Gasteiger partial charge in [0.2, 0.25) is 0 Å². The van der Waals surface area contributed by atoms with Crippen LogP contribution in [0.2, 0.25) is 0 Å². The van der Waals surface area contributed by atoms with Gasteiger partial charge in [-0.15, -0.1) is 11.3 Å². The number of nitrogens with zero attached hydrogens (tertiary/aromatic N) is 1. The van der Waals surface area contributed by atoms with Gasteiger partial charge in [-0.3, -0.25) is 9.59 Å². The summed E-state index contributed by atoms with van der Waals surface area (Å²) in [6.07, 6.45) is 1.44. The fourth-order valence-electron chi connectivity index (χ4n) is 2.13. The first-order valence-corrected chi connectivity index (χ1v) is 8.13. The predicted molar refractivity (Wildman–Crippen MR) is 92.1 cm³/mol. The van der Waals surface area contributed by atoms with E-state index in [-0.39, 0.29) is 17.6 Å². The van der Waals surface area contributed by atoms with Gasteiger partial charge in [-0.05, 0) is 44.5 Å². The highest BCUT2D eigenvalue weighted by molar-refractivity contribution is 7.18. The van der Waals surface area contributed by atoms with Crippen LogP contribution >= 0.6 is 11.3 Å². The standard InChI is InChI=1S/C17H20N2O3S/c1-5-19(10-11(2)3)17(21)15-12(4)9-14(23-15)18-16(20)13-7-6-8-22-13/h6-9H,2,5,10H2,1,3-4H3,(H,18,20). The van der Waals surface area contributed by atoms with Crippen LogP contribution in [0.1, 0.15) is 39.6 Å². The van der Waals surface area contributed by atoms with Gasteiger partial charge in [-0.1, -0.05) is 12.2 Å². The second-order valence-electron chi connectivity index (χ2n) is 5.33. The normalized spacial score (nSPS) is 10.4. The molecule has 5 nitrogen and oxygen atoms in total. The van der Waals surface area contributed by atoms with Crippen LogP contribution in [0.15, 0.2) is 41.0 Å². The van der Waals surface area contributed by atoms with Crippen molar-refractivity contribution in [3.05, 3.63) is 52.8 Å². The minimum absolute atomic E-state index is 0.0449.